The van der Waals surface area contributed by atoms with Crippen LogP contribution in [0.15, 0.2) is 46.9 Å². The Morgan fingerprint density at radius 1 is 1.04 bits per heavy atom. The predicted molar refractivity (Wildman–Crippen MR) is 89.9 cm³/mol. The predicted octanol–water partition coefficient (Wildman–Crippen LogP) is 3.08. The molecule has 0 saturated heterocycles. The second kappa shape index (κ2) is 5.75. The number of amides is 2. The highest BCUT2D eigenvalue weighted by molar-refractivity contribution is 8.01. The molecule has 0 fully saturated rings. The monoisotopic (exact) mass is 341 g/mol. The molecule has 0 saturated carbocycles. The fourth-order valence-electron chi connectivity index (χ4n) is 2.48. The molecule has 0 atom stereocenters. The Morgan fingerprint density at radius 2 is 1.78 bits per heavy atom. The van der Waals surface area contributed by atoms with E-state index in [1.54, 1.807) is 30.5 Å². The number of pyridine rings is 1. The number of imide groups is 1. The number of carbonyl (C=O) groups is 2. The van der Waals surface area contributed by atoms with Crippen LogP contribution in [0.1, 0.15) is 20.7 Å². The van der Waals surface area contributed by atoms with Gasteiger partial charge in [0.1, 0.15) is 10.3 Å². The third-order valence-corrected chi connectivity index (χ3v) is 5.67. The van der Waals surface area contributed by atoms with Crippen LogP contribution in [0.2, 0.25) is 0 Å². The largest absolute Gasteiger partial charge is 0.273 e. The van der Waals surface area contributed by atoms with Crippen LogP contribution < -0.4 is 0 Å². The van der Waals surface area contributed by atoms with E-state index in [-0.39, 0.29) is 11.8 Å². The number of hydrogen-bond acceptors (Lipinski definition) is 6. The third-order valence-electron chi connectivity index (χ3n) is 3.57. The minimum atomic E-state index is -0.211. The van der Waals surface area contributed by atoms with Gasteiger partial charge >= 0.3 is 0 Å². The number of rotatable bonds is 4. The van der Waals surface area contributed by atoms with Gasteiger partial charge in [-0.15, -0.1) is 0 Å². The summed E-state index contributed by atoms with van der Waals surface area (Å²) < 4.78 is 0.898. The summed E-state index contributed by atoms with van der Waals surface area (Å²) in [6.45, 7) is 0.375. The van der Waals surface area contributed by atoms with Gasteiger partial charge in [0.25, 0.3) is 11.8 Å². The highest BCUT2D eigenvalue weighted by Crippen LogP contribution is 2.29. The van der Waals surface area contributed by atoms with Crippen molar-refractivity contribution in [2.45, 2.75) is 4.34 Å². The molecular formula is C16H11N3O2S2. The van der Waals surface area contributed by atoms with Crippen molar-refractivity contribution in [3.8, 4) is 0 Å². The van der Waals surface area contributed by atoms with Crippen LogP contribution in [-0.2, 0) is 0 Å². The zero-order valence-corrected chi connectivity index (χ0v) is 13.6. The van der Waals surface area contributed by atoms with Crippen LogP contribution in [0.4, 0.5) is 0 Å². The number of nitrogens with zero attached hydrogens (tertiary/aromatic N) is 3. The lowest BCUT2D eigenvalue weighted by Crippen LogP contribution is -2.31. The first-order valence-corrected chi connectivity index (χ1v) is 8.84. The minimum Gasteiger partial charge on any atom is -0.273 e. The standard InChI is InChI=1S/C16H11N3O2S2/c20-14-10-4-1-2-5-11(10)15(21)19(14)8-9-22-16-18-12-6-3-7-17-13(12)23-16/h1-7H,8-9H2. The van der Waals surface area contributed by atoms with Crippen molar-refractivity contribution in [2.24, 2.45) is 0 Å². The maximum Gasteiger partial charge on any atom is 0.261 e. The molecule has 0 bridgehead atoms. The van der Waals surface area contributed by atoms with Gasteiger partial charge in [-0.1, -0.05) is 35.2 Å². The van der Waals surface area contributed by atoms with E-state index in [4.69, 9.17) is 0 Å². The molecular weight excluding hydrogens is 330 g/mol. The van der Waals surface area contributed by atoms with E-state index in [9.17, 15) is 9.59 Å². The van der Waals surface area contributed by atoms with Gasteiger partial charge in [-0.2, -0.15) is 0 Å². The lowest BCUT2D eigenvalue weighted by molar-refractivity contribution is 0.0664. The van der Waals surface area contributed by atoms with Crippen LogP contribution in [0.3, 0.4) is 0 Å². The number of carbonyl (C=O) groups excluding carboxylic acids is 2. The first-order chi connectivity index (χ1) is 11.2. The zero-order chi connectivity index (χ0) is 15.8. The molecule has 3 aromatic rings. The Labute approximate surface area is 140 Å². The summed E-state index contributed by atoms with van der Waals surface area (Å²) in [7, 11) is 0. The van der Waals surface area contributed by atoms with Crippen LogP contribution in [0.5, 0.6) is 0 Å². The molecule has 23 heavy (non-hydrogen) atoms. The van der Waals surface area contributed by atoms with Crippen LogP contribution in [-0.4, -0.2) is 39.0 Å². The fraction of sp³-hybridized carbons (Fsp3) is 0.125. The Hall–Kier alpha value is -2.25. The summed E-state index contributed by atoms with van der Waals surface area (Å²) in [5.74, 6) is 0.194. The molecule has 0 aliphatic carbocycles. The van der Waals surface area contributed by atoms with Gasteiger partial charge in [0.2, 0.25) is 0 Å². The van der Waals surface area contributed by atoms with Gasteiger partial charge in [-0.05, 0) is 24.3 Å². The Bertz CT molecular complexity index is 854. The maximum absolute atomic E-state index is 12.3. The zero-order valence-electron chi connectivity index (χ0n) is 11.9. The van der Waals surface area contributed by atoms with Crippen LogP contribution in [0, 0.1) is 0 Å². The van der Waals surface area contributed by atoms with E-state index < -0.39 is 0 Å². The van der Waals surface area contributed by atoms with Gasteiger partial charge < -0.3 is 0 Å². The molecule has 5 nitrogen and oxygen atoms in total. The number of benzene rings is 1. The van der Waals surface area contributed by atoms with E-state index in [1.807, 2.05) is 12.1 Å². The summed E-state index contributed by atoms with van der Waals surface area (Å²) >= 11 is 3.06. The molecule has 1 aliphatic rings. The number of hydrogen-bond donors (Lipinski definition) is 0. The van der Waals surface area contributed by atoms with Gasteiger partial charge in [-0.25, -0.2) is 9.97 Å². The molecule has 2 aromatic heterocycles. The fourth-order valence-corrected chi connectivity index (χ4v) is 4.45. The molecule has 0 N–H and O–H groups in total. The van der Waals surface area contributed by atoms with Crippen LogP contribution >= 0.6 is 23.1 Å². The molecule has 0 radical (unpaired) electrons. The lowest BCUT2D eigenvalue weighted by atomic mass is 10.1. The lowest BCUT2D eigenvalue weighted by Gasteiger charge is -2.12. The van der Waals surface area contributed by atoms with Crippen molar-refractivity contribution >= 4 is 45.3 Å². The number of aromatic nitrogens is 2. The second-order valence-corrected chi connectivity index (χ2v) is 7.28. The highest BCUT2D eigenvalue weighted by Gasteiger charge is 2.34. The number of thioether (sulfide) groups is 1. The van der Waals surface area contributed by atoms with E-state index in [2.05, 4.69) is 9.97 Å². The van der Waals surface area contributed by atoms with Gasteiger partial charge in [0.15, 0.2) is 4.34 Å². The molecule has 1 aromatic carbocycles. The minimum absolute atomic E-state index is 0.211. The summed E-state index contributed by atoms with van der Waals surface area (Å²) in [4.78, 5) is 35.5. The second-order valence-electron chi connectivity index (χ2n) is 4.96. The quantitative estimate of drug-likeness (QED) is 0.539. The molecule has 3 heterocycles. The average molecular weight is 341 g/mol. The van der Waals surface area contributed by atoms with Crippen molar-refractivity contribution < 1.29 is 9.59 Å². The average Bonchev–Trinajstić information content (AvgIpc) is 3.09. The van der Waals surface area contributed by atoms with E-state index in [1.165, 1.54) is 28.0 Å². The third kappa shape index (κ3) is 2.51. The van der Waals surface area contributed by atoms with Crippen molar-refractivity contribution in [3.63, 3.8) is 0 Å². The molecule has 2 amide bonds. The molecule has 7 heteroatoms. The molecule has 1 aliphatic heterocycles. The topological polar surface area (TPSA) is 63.2 Å². The smallest absolute Gasteiger partial charge is 0.261 e. The summed E-state index contributed by atoms with van der Waals surface area (Å²) in [5, 5.41) is 0. The first-order valence-electron chi connectivity index (χ1n) is 7.03. The highest BCUT2D eigenvalue weighted by atomic mass is 32.2. The van der Waals surface area contributed by atoms with Gasteiger partial charge in [0.05, 0.1) is 11.1 Å². The van der Waals surface area contributed by atoms with Crippen LogP contribution in [0.25, 0.3) is 10.3 Å². The van der Waals surface area contributed by atoms with Gasteiger partial charge in [0, 0.05) is 18.5 Å². The van der Waals surface area contributed by atoms with Crippen molar-refractivity contribution in [1.29, 1.82) is 0 Å². The molecule has 114 valence electrons. The van der Waals surface area contributed by atoms with E-state index in [0.29, 0.717) is 23.4 Å². The van der Waals surface area contributed by atoms with Gasteiger partial charge in [-0.3, -0.25) is 14.5 Å². The molecule has 0 unspecified atom stereocenters. The summed E-state index contributed by atoms with van der Waals surface area (Å²) in [6, 6.07) is 10.7. The maximum atomic E-state index is 12.3. The van der Waals surface area contributed by atoms with Crippen molar-refractivity contribution in [1.82, 2.24) is 14.9 Å². The normalized spacial score (nSPS) is 13.8. The van der Waals surface area contributed by atoms with Crippen molar-refractivity contribution in [2.75, 3.05) is 12.3 Å². The SMILES string of the molecule is O=C1c2ccccc2C(=O)N1CCSc1nc2cccnc2s1. The Morgan fingerprint density at radius 3 is 2.48 bits per heavy atom. The summed E-state index contributed by atoms with van der Waals surface area (Å²) in [6.07, 6.45) is 1.74. The number of thiazole rings is 1. The number of fused-ring (bicyclic) bond motifs is 2. The summed E-state index contributed by atoms with van der Waals surface area (Å²) in [5.41, 5.74) is 1.86. The Kier molecular flexibility index (Phi) is 3.59. The molecule has 4 rings (SSSR count). The van der Waals surface area contributed by atoms with Crippen molar-refractivity contribution in [3.05, 3.63) is 53.7 Å². The molecule has 0 spiro atoms. The van der Waals surface area contributed by atoms with E-state index in [0.717, 1.165) is 14.7 Å². The first kappa shape index (κ1) is 14.3. The van der Waals surface area contributed by atoms with E-state index >= 15 is 0 Å². The Balaban J connectivity index is 1.44.